The van der Waals surface area contributed by atoms with Crippen molar-refractivity contribution in [3.8, 4) is 5.75 Å². The Morgan fingerprint density at radius 3 is 2.26 bits per heavy atom. The molecule has 2 rings (SSSR count). The van der Waals surface area contributed by atoms with E-state index in [-0.39, 0.29) is 18.0 Å². The van der Waals surface area contributed by atoms with Crippen LogP contribution in [0.2, 0.25) is 0 Å². The third-order valence-corrected chi connectivity index (χ3v) is 5.48. The zero-order valence-electron chi connectivity index (χ0n) is 17.1. The fourth-order valence-electron chi connectivity index (χ4n) is 2.88. The third-order valence-electron chi connectivity index (χ3n) is 4.14. The fourth-order valence-corrected chi connectivity index (χ4v) is 4.16. The average molecular weight is 457 g/mol. The molecule has 31 heavy (non-hydrogen) atoms. The topological polar surface area (TPSA) is 83.9 Å². The van der Waals surface area contributed by atoms with Crippen LogP contribution in [0.4, 0.5) is 18.9 Å². The predicted molar refractivity (Wildman–Crippen MR) is 111 cm³/mol. The number of benzene rings is 2. The molecule has 0 aromatic heterocycles. The molecule has 0 fully saturated rings. The lowest BCUT2D eigenvalue weighted by atomic mass is 10.1. The number of aliphatic carboxylic acids is 1. The second-order valence-corrected chi connectivity index (χ2v) is 8.89. The van der Waals surface area contributed by atoms with E-state index in [2.05, 4.69) is 0 Å². The molecule has 0 heterocycles. The maximum atomic E-state index is 13.2. The molecule has 0 unspecified atom stereocenters. The van der Waals surface area contributed by atoms with Crippen molar-refractivity contribution >= 4 is 27.8 Å². The fraction of sp³-hybridized carbons (Fsp3) is 0.286. The number of rotatable bonds is 8. The lowest BCUT2D eigenvalue weighted by molar-refractivity contribution is -0.137. The second-order valence-electron chi connectivity index (χ2n) is 7.03. The number of hydrogen-bond acceptors (Lipinski definition) is 4. The summed E-state index contributed by atoms with van der Waals surface area (Å²) >= 11 is 0. The van der Waals surface area contributed by atoms with Crippen molar-refractivity contribution in [2.75, 3.05) is 10.6 Å². The lowest BCUT2D eigenvalue weighted by Gasteiger charge is -2.28. The Bertz CT molecular complexity index is 1060. The number of carboxylic acid groups (broad SMARTS) is 1. The Labute approximate surface area is 178 Å². The molecule has 10 heteroatoms. The van der Waals surface area contributed by atoms with Crippen LogP contribution in [0.3, 0.4) is 0 Å². The van der Waals surface area contributed by atoms with Gasteiger partial charge in [0.1, 0.15) is 12.4 Å². The average Bonchev–Trinajstić information content (AvgIpc) is 2.64. The molecule has 1 N–H and O–H groups in total. The van der Waals surface area contributed by atoms with Gasteiger partial charge in [-0.15, -0.1) is 0 Å². The summed E-state index contributed by atoms with van der Waals surface area (Å²) in [6, 6.07) is 8.64. The minimum absolute atomic E-state index is 0.00603. The van der Waals surface area contributed by atoms with E-state index < -0.39 is 33.8 Å². The molecule has 0 radical (unpaired) electrons. The van der Waals surface area contributed by atoms with E-state index in [1.165, 1.54) is 6.08 Å². The highest BCUT2D eigenvalue weighted by Crippen LogP contribution is 2.38. The molecule has 2 aromatic carbocycles. The molecular weight excluding hydrogens is 435 g/mol. The standard InChI is InChI=1S/C21H22F3NO5S/c1-14(2)25(31(3,28)29)18-10-9-17(21(22,23)24)12-19(18)30-13-16-6-4-15(5-7-16)8-11-20(26)27/h4-12,14H,13H2,1-3H3,(H,26,27). The van der Waals surface area contributed by atoms with Gasteiger partial charge in [0, 0.05) is 12.1 Å². The van der Waals surface area contributed by atoms with Crippen LogP contribution < -0.4 is 9.04 Å². The zero-order chi connectivity index (χ0) is 23.4. The Morgan fingerprint density at radius 2 is 1.77 bits per heavy atom. The van der Waals surface area contributed by atoms with Gasteiger partial charge in [0.25, 0.3) is 0 Å². The molecule has 0 aliphatic heterocycles. The summed E-state index contributed by atoms with van der Waals surface area (Å²) in [5, 5.41) is 8.65. The molecular formula is C21H22F3NO5S. The normalized spacial score (nSPS) is 12.4. The van der Waals surface area contributed by atoms with Gasteiger partial charge in [-0.05, 0) is 49.2 Å². The minimum Gasteiger partial charge on any atom is -0.487 e. The monoisotopic (exact) mass is 457 g/mol. The van der Waals surface area contributed by atoms with E-state index in [0.29, 0.717) is 11.1 Å². The molecule has 0 atom stereocenters. The Hall–Kier alpha value is -3.01. The lowest BCUT2D eigenvalue weighted by Crippen LogP contribution is -2.36. The van der Waals surface area contributed by atoms with Crippen LogP contribution in [0.5, 0.6) is 5.75 Å². The van der Waals surface area contributed by atoms with Crippen LogP contribution in [-0.4, -0.2) is 31.8 Å². The Morgan fingerprint density at radius 1 is 1.16 bits per heavy atom. The van der Waals surface area contributed by atoms with Gasteiger partial charge in [-0.2, -0.15) is 13.2 Å². The van der Waals surface area contributed by atoms with Crippen molar-refractivity contribution in [2.45, 2.75) is 32.7 Å². The van der Waals surface area contributed by atoms with Gasteiger partial charge < -0.3 is 9.84 Å². The summed E-state index contributed by atoms with van der Waals surface area (Å²) in [7, 11) is -3.77. The van der Waals surface area contributed by atoms with E-state index in [1.807, 2.05) is 0 Å². The van der Waals surface area contributed by atoms with E-state index >= 15 is 0 Å². The van der Waals surface area contributed by atoms with E-state index in [1.54, 1.807) is 38.1 Å². The number of hydrogen-bond donors (Lipinski definition) is 1. The molecule has 0 aliphatic carbocycles. The van der Waals surface area contributed by atoms with Crippen molar-refractivity contribution in [1.82, 2.24) is 0 Å². The number of sulfonamides is 1. The van der Waals surface area contributed by atoms with Gasteiger partial charge >= 0.3 is 12.1 Å². The van der Waals surface area contributed by atoms with E-state index in [0.717, 1.165) is 34.8 Å². The van der Waals surface area contributed by atoms with Gasteiger partial charge in [0.15, 0.2) is 0 Å². The Kier molecular flexibility index (Phi) is 7.37. The first-order valence-corrected chi connectivity index (χ1v) is 11.0. The number of carbonyl (C=O) groups is 1. The molecule has 6 nitrogen and oxygen atoms in total. The van der Waals surface area contributed by atoms with Crippen LogP contribution in [0.25, 0.3) is 6.08 Å². The SMILES string of the molecule is CC(C)N(c1ccc(C(F)(F)F)cc1OCc1ccc(C=CC(=O)O)cc1)S(C)(=O)=O. The minimum atomic E-state index is -4.62. The van der Waals surface area contributed by atoms with E-state index in [4.69, 9.17) is 9.84 Å². The van der Waals surface area contributed by atoms with Crippen LogP contribution in [0.1, 0.15) is 30.5 Å². The molecule has 168 valence electrons. The largest absolute Gasteiger partial charge is 0.487 e. The maximum absolute atomic E-state index is 13.2. The quantitative estimate of drug-likeness (QED) is 0.588. The van der Waals surface area contributed by atoms with E-state index in [9.17, 15) is 26.4 Å². The number of alkyl halides is 3. The van der Waals surface area contributed by atoms with Crippen molar-refractivity contribution in [1.29, 1.82) is 0 Å². The predicted octanol–water partition coefficient (Wildman–Crippen LogP) is 4.56. The number of carboxylic acids is 1. The summed E-state index contributed by atoms with van der Waals surface area (Å²) in [5.41, 5.74) is 0.268. The highest BCUT2D eigenvalue weighted by Gasteiger charge is 2.33. The third kappa shape index (κ3) is 6.74. The van der Waals surface area contributed by atoms with Gasteiger partial charge in [-0.25, -0.2) is 13.2 Å². The van der Waals surface area contributed by atoms with Gasteiger partial charge in [-0.1, -0.05) is 24.3 Å². The molecule has 0 saturated heterocycles. The summed E-state index contributed by atoms with van der Waals surface area (Å²) in [5.74, 6) is -1.31. The number of anilines is 1. The summed E-state index contributed by atoms with van der Waals surface area (Å²) in [6.07, 6.45) is -1.28. The molecule has 0 aliphatic rings. The van der Waals surface area contributed by atoms with Crippen LogP contribution >= 0.6 is 0 Å². The Balaban J connectivity index is 2.38. The van der Waals surface area contributed by atoms with Crippen LogP contribution in [0, 0.1) is 0 Å². The van der Waals surface area contributed by atoms with Gasteiger partial charge in [-0.3, -0.25) is 4.31 Å². The summed E-state index contributed by atoms with van der Waals surface area (Å²) < 4.78 is 70.6. The van der Waals surface area contributed by atoms with Gasteiger partial charge in [0.05, 0.1) is 17.5 Å². The maximum Gasteiger partial charge on any atom is 0.416 e. The van der Waals surface area contributed by atoms with Crippen LogP contribution in [0.15, 0.2) is 48.5 Å². The summed E-state index contributed by atoms with van der Waals surface area (Å²) in [4.78, 5) is 10.6. The van der Waals surface area contributed by atoms with Crippen molar-refractivity contribution in [3.63, 3.8) is 0 Å². The number of ether oxygens (including phenoxy) is 1. The summed E-state index contributed by atoms with van der Waals surface area (Å²) in [6.45, 7) is 3.09. The highest BCUT2D eigenvalue weighted by molar-refractivity contribution is 7.92. The smallest absolute Gasteiger partial charge is 0.416 e. The first kappa shape index (κ1) is 24.3. The van der Waals surface area contributed by atoms with Crippen molar-refractivity contribution < 1.29 is 36.2 Å². The molecule has 0 saturated carbocycles. The van der Waals surface area contributed by atoms with Gasteiger partial charge in [0.2, 0.25) is 10.0 Å². The molecule has 0 spiro atoms. The van der Waals surface area contributed by atoms with Crippen LogP contribution in [-0.2, 0) is 27.6 Å². The molecule has 0 amide bonds. The highest BCUT2D eigenvalue weighted by atomic mass is 32.2. The molecule has 2 aromatic rings. The first-order chi connectivity index (χ1) is 14.3. The second kappa shape index (κ2) is 9.42. The van der Waals surface area contributed by atoms with Crippen molar-refractivity contribution in [3.05, 3.63) is 65.2 Å². The first-order valence-electron chi connectivity index (χ1n) is 9.12. The number of nitrogens with zero attached hydrogens (tertiary/aromatic N) is 1. The van der Waals surface area contributed by atoms with Crippen molar-refractivity contribution in [2.24, 2.45) is 0 Å². The zero-order valence-corrected chi connectivity index (χ0v) is 17.9. The number of halogens is 3. The molecule has 0 bridgehead atoms.